The van der Waals surface area contributed by atoms with E-state index < -0.39 is 0 Å². The second kappa shape index (κ2) is 5.26. The number of benzene rings is 1. The average Bonchev–Trinajstić information content (AvgIpc) is 2.45. The van der Waals surface area contributed by atoms with Gasteiger partial charge in [0.25, 0.3) is 0 Å². The molecular weight excluding hydrogens is 238 g/mol. The largest absolute Gasteiger partial charge is 0.493 e. The van der Waals surface area contributed by atoms with E-state index in [0.717, 1.165) is 31.0 Å². The first kappa shape index (κ1) is 12.0. The van der Waals surface area contributed by atoms with Crippen LogP contribution in [0.15, 0.2) is 36.5 Å². The number of fused-ring (bicyclic) bond motifs is 1. The summed E-state index contributed by atoms with van der Waals surface area (Å²) < 4.78 is 5.67. The molecule has 2 aromatic rings. The average molecular weight is 255 g/mol. The summed E-state index contributed by atoms with van der Waals surface area (Å²) in [5.74, 6) is 2.16. The summed E-state index contributed by atoms with van der Waals surface area (Å²) in [4.78, 5) is 8.59. The Bertz CT molecular complexity index is 571. The van der Waals surface area contributed by atoms with E-state index in [4.69, 9.17) is 4.74 Å². The van der Waals surface area contributed by atoms with Crippen molar-refractivity contribution in [3.05, 3.63) is 47.8 Å². The van der Waals surface area contributed by atoms with E-state index in [9.17, 15) is 0 Å². The van der Waals surface area contributed by atoms with Gasteiger partial charge in [0.1, 0.15) is 5.75 Å². The molecule has 0 spiro atoms. The quantitative estimate of drug-likeness (QED) is 0.916. The predicted molar refractivity (Wildman–Crippen MR) is 74.6 cm³/mol. The number of aromatic nitrogens is 2. The maximum Gasteiger partial charge on any atom is 0.222 e. The summed E-state index contributed by atoms with van der Waals surface area (Å²) in [5.41, 5.74) is 2.25. The lowest BCUT2D eigenvalue weighted by Crippen LogP contribution is -2.21. The minimum Gasteiger partial charge on any atom is -0.493 e. The van der Waals surface area contributed by atoms with Gasteiger partial charge < -0.3 is 10.1 Å². The van der Waals surface area contributed by atoms with Crippen molar-refractivity contribution in [3.8, 4) is 5.75 Å². The van der Waals surface area contributed by atoms with Crippen molar-refractivity contribution in [3.63, 3.8) is 0 Å². The van der Waals surface area contributed by atoms with Crippen LogP contribution in [0.5, 0.6) is 5.75 Å². The Balaban J connectivity index is 1.71. The summed E-state index contributed by atoms with van der Waals surface area (Å²) in [5, 5.41) is 3.32. The molecule has 0 aliphatic carbocycles. The number of ether oxygens (including phenoxy) is 1. The van der Waals surface area contributed by atoms with Crippen molar-refractivity contribution in [2.24, 2.45) is 0 Å². The molecule has 19 heavy (non-hydrogen) atoms. The van der Waals surface area contributed by atoms with Crippen molar-refractivity contribution in [1.29, 1.82) is 0 Å². The molecule has 0 saturated heterocycles. The highest BCUT2D eigenvalue weighted by atomic mass is 16.5. The smallest absolute Gasteiger partial charge is 0.222 e. The first-order valence-corrected chi connectivity index (χ1v) is 6.58. The molecule has 4 heteroatoms. The molecule has 0 radical (unpaired) electrons. The topological polar surface area (TPSA) is 47.0 Å². The molecular formula is C15H17N3O. The van der Waals surface area contributed by atoms with Crippen molar-refractivity contribution < 1.29 is 4.74 Å². The summed E-state index contributed by atoms with van der Waals surface area (Å²) in [7, 11) is 0. The van der Waals surface area contributed by atoms with Crippen LogP contribution in [-0.4, -0.2) is 23.1 Å². The highest BCUT2D eigenvalue weighted by molar-refractivity contribution is 5.39. The highest BCUT2D eigenvalue weighted by Gasteiger charge is 2.20. The van der Waals surface area contributed by atoms with Crippen molar-refractivity contribution in [2.75, 3.05) is 18.5 Å². The van der Waals surface area contributed by atoms with Gasteiger partial charge in [-0.25, -0.2) is 9.97 Å². The van der Waals surface area contributed by atoms with Crippen molar-refractivity contribution >= 4 is 5.95 Å². The zero-order valence-corrected chi connectivity index (χ0v) is 11.0. The number of rotatable bonds is 3. The van der Waals surface area contributed by atoms with E-state index in [-0.39, 0.29) is 0 Å². The first-order valence-electron chi connectivity index (χ1n) is 6.58. The molecule has 1 unspecified atom stereocenters. The van der Waals surface area contributed by atoms with Crippen molar-refractivity contribution in [1.82, 2.24) is 9.97 Å². The van der Waals surface area contributed by atoms with Crippen molar-refractivity contribution in [2.45, 2.75) is 19.3 Å². The van der Waals surface area contributed by atoms with Gasteiger partial charge in [-0.05, 0) is 31.0 Å². The third-order valence-corrected chi connectivity index (χ3v) is 3.38. The van der Waals surface area contributed by atoms with Crippen LogP contribution in [0.1, 0.15) is 23.6 Å². The molecule has 1 aliphatic rings. The molecule has 1 aromatic carbocycles. The zero-order chi connectivity index (χ0) is 13.1. The molecule has 0 amide bonds. The number of anilines is 1. The van der Waals surface area contributed by atoms with Gasteiger partial charge in [-0.1, -0.05) is 18.2 Å². The number of nitrogens with one attached hydrogen (secondary N) is 1. The van der Waals surface area contributed by atoms with E-state index in [1.54, 1.807) is 6.20 Å². The van der Waals surface area contributed by atoms with Crippen LogP contribution in [0.3, 0.4) is 0 Å². The van der Waals surface area contributed by atoms with E-state index >= 15 is 0 Å². The molecule has 1 N–H and O–H groups in total. The monoisotopic (exact) mass is 255 g/mol. The summed E-state index contributed by atoms with van der Waals surface area (Å²) in [6, 6.07) is 10.1. The third kappa shape index (κ3) is 2.67. The fourth-order valence-electron chi connectivity index (χ4n) is 2.38. The Morgan fingerprint density at radius 2 is 2.21 bits per heavy atom. The molecule has 1 aliphatic heterocycles. The Labute approximate surface area is 112 Å². The summed E-state index contributed by atoms with van der Waals surface area (Å²) in [6.45, 7) is 3.58. The second-order valence-electron chi connectivity index (χ2n) is 4.77. The van der Waals surface area contributed by atoms with Crippen LogP contribution in [0, 0.1) is 6.92 Å². The molecule has 0 saturated carbocycles. The highest BCUT2D eigenvalue weighted by Crippen LogP contribution is 2.33. The molecule has 2 heterocycles. The molecule has 98 valence electrons. The normalized spacial score (nSPS) is 17.4. The SMILES string of the molecule is Cc1ccnc(NCC2CCOc3ccccc32)n1. The van der Waals surface area contributed by atoms with Crippen LogP contribution in [0.25, 0.3) is 0 Å². The Morgan fingerprint density at radius 3 is 3.11 bits per heavy atom. The van der Waals surface area contributed by atoms with Gasteiger partial charge in [0.2, 0.25) is 5.95 Å². The van der Waals surface area contributed by atoms with E-state index in [2.05, 4.69) is 27.4 Å². The predicted octanol–water partition coefficient (Wildman–Crippen LogP) is 2.76. The van der Waals surface area contributed by atoms with Gasteiger partial charge in [-0.2, -0.15) is 0 Å². The number of hydrogen-bond donors (Lipinski definition) is 1. The standard InChI is InChI=1S/C15H17N3O/c1-11-6-8-16-15(18-11)17-10-12-7-9-19-14-5-3-2-4-13(12)14/h2-6,8,12H,7,9-10H2,1H3,(H,16,17,18). The minimum atomic E-state index is 0.453. The van der Waals surface area contributed by atoms with Gasteiger partial charge in [-0.15, -0.1) is 0 Å². The molecule has 1 atom stereocenters. The Morgan fingerprint density at radius 1 is 1.32 bits per heavy atom. The molecule has 0 bridgehead atoms. The lowest BCUT2D eigenvalue weighted by Gasteiger charge is -2.26. The molecule has 3 rings (SSSR count). The minimum absolute atomic E-state index is 0.453. The number of nitrogens with zero attached hydrogens (tertiary/aromatic N) is 2. The van der Waals surface area contributed by atoms with Crippen LogP contribution in [0.2, 0.25) is 0 Å². The van der Waals surface area contributed by atoms with E-state index in [1.807, 2.05) is 25.1 Å². The van der Waals surface area contributed by atoms with Gasteiger partial charge in [0.15, 0.2) is 0 Å². The Kier molecular flexibility index (Phi) is 3.31. The molecule has 0 fully saturated rings. The maximum atomic E-state index is 5.67. The summed E-state index contributed by atoms with van der Waals surface area (Å²) in [6.07, 6.45) is 2.80. The first-order chi connectivity index (χ1) is 9.33. The maximum absolute atomic E-state index is 5.67. The fourth-order valence-corrected chi connectivity index (χ4v) is 2.38. The molecule has 4 nitrogen and oxygen atoms in total. The third-order valence-electron chi connectivity index (χ3n) is 3.38. The van der Waals surface area contributed by atoms with Gasteiger partial charge in [0, 0.05) is 24.4 Å². The van der Waals surface area contributed by atoms with E-state index in [1.165, 1.54) is 5.56 Å². The van der Waals surface area contributed by atoms with Crippen LogP contribution >= 0.6 is 0 Å². The van der Waals surface area contributed by atoms with Gasteiger partial charge in [0.05, 0.1) is 6.61 Å². The number of aryl methyl sites for hydroxylation is 1. The number of para-hydroxylation sites is 1. The number of hydrogen-bond acceptors (Lipinski definition) is 4. The van der Waals surface area contributed by atoms with Crippen LogP contribution in [0.4, 0.5) is 5.95 Å². The second-order valence-corrected chi connectivity index (χ2v) is 4.77. The lowest BCUT2D eigenvalue weighted by molar-refractivity contribution is 0.270. The zero-order valence-electron chi connectivity index (χ0n) is 11.0. The lowest BCUT2D eigenvalue weighted by atomic mass is 9.93. The fraction of sp³-hybridized carbons (Fsp3) is 0.333. The van der Waals surface area contributed by atoms with Crippen LogP contribution < -0.4 is 10.1 Å². The van der Waals surface area contributed by atoms with E-state index in [0.29, 0.717) is 11.9 Å². The van der Waals surface area contributed by atoms with Gasteiger partial charge in [-0.3, -0.25) is 0 Å². The molecule has 1 aromatic heterocycles. The van der Waals surface area contributed by atoms with Crippen LogP contribution in [-0.2, 0) is 0 Å². The Hall–Kier alpha value is -2.10. The summed E-state index contributed by atoms with van der Waals surface area (Å²) >= 11 is 0. The van der Waals surface area contributed by atoms with Gasteiger partial charge >= 0.3 is 0 Å².